The molecule has 2 aliphatic rings. The summed E-state index contributed by atoms with van der Waals surface area (Å²) in [7, 11) is 0. The molecule has 0 bridgehead atoms. The summed E-state index contributed by atoms with van der Waals surface area (Å²) in [4.78, 5) is 18.8. The fraction of sp³-hybridized carbons (Fsp3) is 0.176. The molecule has 4 nitrogen and oxygen atoms in total. The zero-order valence-electron chi connectivity index (χ0n) is 11.8. The molecule has 1 atom stereocenters. The van der Waals surface area contributed by atoms with E-state index in [1.165, 1.54) is 11.1 Å². The van der Waals surface area contributed by atoms with Gasteiger partial charge in [0.2, 0.25) is 11.9 Å². The summed E-state index contributed by atoms with van der Waals surface area (Å²) in [6.07, 6.45) is 0.719. The fourth-order valence-corrected chi connectivity index (χ4v) is 3.19. The largest absolute Gasteiger partial charge is 0.326 e. The lowest BCUT2D eigenvalue weighted by Gasteiger charge is -2.30. The molecule has 1 fully saturated rings. The van der Waals surface area contributed by atoms with Crippen molar-refractivity contribution in [2.45, 2.75) is 19.0 Å². The Kier molecular flexibility index (Phi) is 3.12. The standard InChI is InChI=1S/C17H14ClN3O/c18-13-6-3-7-14(9-13)19-17-20-16(22)15-8-11-4-1-2-5-12(11)10-21(15)17/h1-7,9,15H,8,10H2,(H,19,20,22). The van der Waals surface area contributed by atoms with Gasteiger partial charge in [0.25, 0.3) is 0 Å². The van der Waals surface area contributed by atoms with E-state index in [-0.39, 0.29) is 11.9 Å². The first-order valence-electron chi connectivity index (χ1n) is 7.19. The van der Waals surface area contributed by atoms with Crippen molar-refractivity contribution in [2.75, 3.05) is 0 Å². The maximum Gasteiger partial charge on any atom is 0.249 e. The van der Waals surface area contributed by atoms with Gasteiger partial charge in [-0.1, -0.05) is 41.9 Å². The molecule has 1 unspecified atom stereocenters. The van der Waals surface area contributed by atoms with Crippen LogP contribution >= 0.6 is 11.6 Å². The summed E-state index contributed by atoms with van der Waals surface area (Å²) in [6, 6.07) is 15.4. The zero-order valence-corrected chi connectivity index (χ0v) is 12.5. The highest BCUT2D eigenvalue weighted by molar-refractivity contribution is 6.30. The topological polar surface area (TPSA) is 44.7 Å². The van der Waals surface area contributed by atoms with Gasteiger partial charge in [0, 0.05) is 18.0 Å². The second-order valence-corrected chi connectivity index (χ2v) is 5.96. The number of carbonyl (C=O) groups is 1. The Hall–Kier alpha value is -2.33. The Morgan fingerprint density at radius 2 is 1.95 bits per heavy atom. The average Bonchev–Trinajstić information content (AvgIpc) is 2.81. The average molecular weight is 312 g/mol. The zero-order chi connectivity index (χ0) is 15.1. The van der Waals surface area contributed by atoms with Gasteiger partial charge in [-0.2, -0.15) is 0 Å². The van der Waals surface area contributed by atoms with Crippen LogP contribution in [0.2, 0.25) is 5.02 Å². The van der Waals surface area contributed by atoms with Crippen LogP contribution in [0.3, 0.4) is 0 Å². The Morgan fingerprint density at radius 1 is 1.14 bits per heavy atom. The smallest absolute Gasteiger partial charge is 0.249 e. The summed E-state index contributed by atoms with van der Waals surface area (Å²) in [6.45, 7) is 0.693. The van der Waals surface area contributed by atoms with Crippen LogP contribution in [0.25, 0.3) is 0 Å². The molecule has 0 aliphatic carbocycles. The maximum atomic E-state index is 12.2. The molecule has 0 radical (unpaired) electrons. The molecular formula is C17H14ClN3O. The van der Waals surface area contributed by atoms with Crippen molar-refractivity contribution < 1.29 is 4.79 Å². The molecule has 2 aromatic rings. The molecule has 0 spiro atoms. The third kappa shape index (κ3) is 2.25. The van der Waals surface area contributed by atoms with Gasteiger partial charge >= 0.3 is 0 Å². The Bertz CT molecular complexity index is 787. The summed E-state index contributed by atoms with van der Waals surface area (Å²) in [5.41, 5.74) is 3.22. The Morgan fingerprint density at radius 3 is 2.77 bits per heavy atom. The van der Waals surface area contributed by atoms with Gasteiger partial charge in [-0.15, -0.1) is 0 Å². The van der Waals surface area contributed by atoms with Gasteiger partial charge < -0.3 is 4.90 Å². The number of nitrogens with one attached hydrogen (secondary N) is 1. The van der Waals surface area contributed by atoms with Gasteiger partial charge in [0.15, 0.2) is 0 Å². The molecule has 0 saturated carbocycles. The van der Waals surface area contributed by atoms with E-state index in [1.807, 2.05) is 29.2 Å². The van der Waals surface area contributed by atoms with E-state index in [9.17, 15) is 4.79 Å². The van der Waals surface area contributed by atoms with Crippen LogP contribution in [0.15, 0.2) is 53.5 Å². The van der Waals surface area contributed by atoms with Crippen molar-refractivity contribution in [1.29, 1.82) is 0 Å². The first-order chi connectivity index (χ1) is 10.7. The minimum Gasteiger partial charge on any atom is -0.326 e. The number of hydrogen-bond acceptors (Lipinski definition) is 2. The van der Waals surface area contributed by atoms with Crippen molar-refractivity contribution in [3.8, 4) is 0 Å². The Balaban J connectivity index is 1.70. The van der Waals surface area contributed by atoms with Crippen LogP contribution in [0, 0.1) is 0 Å². The number of carbonyl (C=O) groups excluding carboxylic acids is 1. The third-order valence-corrected chi connectivity index (χ3v) is 4.34. The predicted molar refractivity (Wildman–Crippen MR) is 86.2 cm³/mol. The van der Waals surface area contributed by atoms with Gasteiger partial charge in [0.1, 0.15) is 6.04 Å². The maximum absolute atomic E-state index is 12.2. The first-order valence-corrected chi connectivity index (χ1v) is 7.57. The van der Waals surface area contributed by atoms with Gasteiger partial charge in [-0.3, -0.25) is 10.1 Å². The molecule has 1 N–H and O–H groups in total. The Labute approximate surface area is 133 Å². The minimum absolute atomic E-state index is 0.00952. The fourth-order valence-electron chi connectivity index (χ4n) is 3.01. The molecule has 110 valence electrons. The predicted octanol–water partition coefficient (Wildman–Crippen LogP) is 2.88. The van der Waals surface area contributed by atoms with E-state index < -0.39 is 0 Å². The number of nitrogens with zero attached hydrogens (tertiary/aromatic N) is 2. The molecular weight excluding hydrogens is 298 g/mol. The van der Waals surface area contributed by atoms with E-state index in [2.05, 4.69) is 22.4 Å². The van der Waals surface area contributed by atoms with Gasteiger partial charge in [-0.05, 0) is 29.3 Å². The quantitative estimate of drug-likeness (QED) is 0.880. The molecule has 1 saturated heterocycles. The number of benzene rings is 2. The SMILES string of the molecule is O=C1NC(=Nc2cccc(Cl)c2)N2Cc3ccccc3CC12. The lowest BCUT2D eigenvalue weighted by atomic mass is 9.95. The van der Waals surface area contributed by atoms with E-state index in [0.717, 1.165) is 12.1 Å². The number of guanidine groups is 1. The van der Waals surface area contributed by atoms with Gasteiger partial charge in [0.05, 0.1) is 5.69 Å². The van der Waals surface area contributed by atoms with Crippen LogP contribution in [0.1, 0.15) is 11.1 Å². The normalized spacial score (nSPS) is 21.5. The molecule has 22 heavy (non-hydrogen) atoms. The molecule has 1 amide bonds. The van der Waals surface area contributed by atoms with Crippen LogP contribution in [-0.4, -0.2) is 22.8 Å². The van der Waals surface area contributed by atoms with E-state index >= 15 is 0 Å². The highest BCUT2D eigenvalue weighted by atomic mass is 35.5. The van der Waals surface area contributed by atoms with E-state index in [0.29, 0.717) is 17.5 Å². The van der Waals surface area contributed by atoms with Crippen LogP contribution < -0.4 is 5.32 Å². The van der Waals surface area contributed by atoms with Crippen LogP contribution in [0.4, 0.5) is 5.69 Å². The highest BCUT2D eigenvalue weighted by Gasteiger charge is 2.39. The second-order valence-electron chi connectivity index (χ2n) is 5.52. The summed E-state index contributed by atoms with van der Waals surface area (Å²) < 4.78 is 0. The van der Waals surface area contributed by atoms with Crippen molar-refractivity contribution in [2.24, 2.45) is 4.99 Å². The van der Waals surface area contributed by atoms with E-state index in [1.54, 1.807) is 12.1 Å². The highest BCUT2D eigenvalue weighted by Crippen LogP contribution is 2.27. The molecule has 4 rings (SSSR count). The number of hydrogen-bond donors (Lipinski definition) is 1. The number of fused-ring (bicyclic) bond motifs is 2. The molecule has 2 heterocycles. The summed E-state index contributed by atoms with van der Waals surface area (Å²) in [5, 5.41) is 3.52. The van der Waals surface area contributed by atoms with Crippen molar-refractivity contribution in [1.82, 2.24) is 10.2 Å². The van der Waals surface area contributed by atoms with Crippen molar-refractivity contribution in [3.63, 3.8) is 0 Å². The number of aliphatic imine (C=N–C) groups is 1. The van der Waals surface area contributed by atoms with Crippen molar-refractivity contribution in [3.05, 3.63) is 64.7 Å². The molecule has 5 heteroatoms. The van der Waals surface area contributed by atoms with Gasteiger partial charge in [-0.25, -0.2) is 4.99 Å². The third-order valence-electron chi connectivity index (χ3n) is 4.10. The minimum atomic E-state index is -0.173. The van der Waals surface area contributed by atoms with Crippen LogP contribution in [0.5, 0.6) is 0 Å². The molecule has 0 aromatic heterocycles. The lowest BCUT2D eigenvalue weighted by molar-refractivity contribution is -0.121. The number of halogens is 1. The van der Waals surface area contributed by atoms with Crippen LogP contribution in [-0.2, 0) is 17.8 Å². The van der Waals surface area contributed by atoms with E-state index in [4.69, 9.17) is 11.6 Å². The molecule has 2 aromatic carbocycles. The monoisotopic (exact) mass is 311 g/mol. The lowest BCUT2D eigenvalue weighted by Crippen LogP contribution is -2.40. The molecule has 2 aliphatic heterocycles. The summed E-state index contributed by atoms with van der Waals surface area (Å²) in [5.74, 6) is 0.613. The summed E-state index contributed by atoms with van der Waals surface area (Å²) >= 11 is 5.99. The number of amides is 1. The number of rotatable bonds is 1. The first kappa shape index (κ1) is 13.3. The van der Waals surface area contributed by atoms with Crippen molar-refractivity contribution >= 4 is 29.2 Å². The second kappa shape index (κ2) is 5.14.